The van der Waals surface area contributed by atoms with E-state index in [1.165, 1.54) is 11.8 Å². The molecule has 1 atom stereocenters. The molecular formula is C16H22O3S. The lowest BCUT2D eigenvalue weighted by Crippen LogP contribution is -2.20. The third-order valence-corrected chi connectivity index (χ3v) is 3.75. The summed E-state index contributed by atoms with van der Waals surface area (Å²) >= 11 is 1.44. The van der Waals surface area contributed by atoms with Crippen LogP contribution in [-0.2, 0) is 9.53 Å². The molecule has 0 saturated carbocycles. The highest BCUT2D eigenvalue weighted by molar-refractivity contribution is 8.00. The Bertz CT molecular complexity index is 463. The highest BCUT2D eigenvalue weighted by Gasteiger charge is 2.17. The van der Waals surface area contributed by atoms with Crippen molar-refractivity contribution < 1.29 is 14.3 Å². The third-order valence-electron chi connectivity index (χ3n) is 2.66. The number of Topliss-reactive ketones (excluding diaryl/α,β-unsaturated/α-hetero) is 1. The van der Waals surface area contributed by atoms with Crippen molar-refractivity contribution in [2.24, 2.45) is 5.92 Å². The molecule has 0 radical (unpaired) electrons. The van der Waals surface area contributed by atoms with Crippen LogP contribution in [0.25, 0.3) is 0 Å². The fourth-order valence-electron chi connectivity index (χ4n) is 1.61. The molecule has 0 aromatic heterocycles. The summed E-state index contributed by atoms with van der Waals surface area (Å²) in [6.07, 6.45) is -0.100. The standard InChI is InChI=1S/C16H22O3S/c1-10(2)15(17)13-6-8-14(9-7-13)20-12(5)16(18)19-11(3)4/h6-12H,1-5H3. The summed E-state index contributed by atoms with van der Waals surface area (Å²) in [7, 11) is 0. The molecule has 3 nitrogen and oxygen atoms in total. The average molecular weight is 294 g/mol. The van der Waals surface area contributed by atoms with Crippen LogP contribution in [0.1, 0.15) is 45.0 Å². The van der Waals surface area contributed by atoms with Gasteiger partial charge >= 0.3 is 5.97 Å². The van der Waals surface area contributed by atoms with Gasteiger partial charge in [0.05, 0.1) is 6.10 Å². The smallest absolute Gasteiger partial charge is 0.319 e. The fourth-order valence-corrected chi connectivity index (χ4v) is 2.46. The van der Waals surface area contributed by atoms with Crippen LogP contribution < -0.4 is 0 Å². The maximum atomic E-state index is 11.8. The molecule has 0 amide bonds. The normalized spacial score (nSPS) is 12.6. The Morgan fingerprint density at radius 2 is 1.55 bits per heavy atom. The maximum absolute atomic E-state index is 11.8. The van der Waals surface area contributed by atoms with Gasteiger partial charge in [-0.1, -0.05) is 26.0 Å². The molecule has 110 valence electrons. The van der Waals surface area contributed by atoms with E-state index in [9.17, 15) is 9.59 Å². The zero-order valence-corrected chi connectivity index (χ0v) is 13.5. The quantitative estimate of drug-likeness (QED) is 0.452. The van der Waals surface area contributed by atoms with Crippen molar-refractivity contribution in [3.05, 3.63) is 29.8 Å². The molecule has 1 aromatic carbocycles. The van der Waals surface area contributed by atoms with Gasteiger partial charge in [0.1, 0.15) is 5.25 Å². The van der Waals surface area contributed by atoms with Gasteiger partial charge < -0.3 is 4.74 Å². The number of carbonyl (C=O) groups excluding carboxylic acids is 2. The zero-order valence-electron chi connectivity index (χ0n) is 12.7. The van der Waals surface area contributed by atoms with Crippen LogP contribution in [0.15, 0.2) is 29.2 Å². The number of carbonyl (C=O) groups is 2. The summed E-state index contributed by atoms with van der Waals surface area (Å²) in [4.78, 5) is 24.5. The number of benzene rings is 1. The minimum absolute atomic E-state index is 0.00607. The van der Waals surface area contributed by atoms with Crippen LogP contribution in [0.4, 0.5) is 0 Å². The predicted octanol–water partition coefficient (Wildman–Crippen LogP) is 3.96. The average Bonchev–Trinajstić information content (AvgIpc) is 2.37. The van der Waals surface area contributed by atoms with E-state index in [0.717, 1.165) is 4.90 Å². The van der Waals surface area contributed by atoms with Gasteiger partial charge in [-0.2, -0.15) is 0 Å². The van der Waals surface area contributed by atoms with Crippen molar-refractivity contribution in [2.75, 3.05) is 0 Å². The number of ether oxygens (including phenoxy) is 1. The van der Waals surface area contributed by atoms with Gasteiger partial charge in [0.15, 0.2) is 5.78 Å². The molecule has 0 fully saturated rings. The van der Waals surface area contributed by atoms with E-state index in [-0.39, 0.29) is 29.0 Å². The van der Waals surface area contributed by atoms with Crippen LogP contribution in [0, 0.1) is 5.92 Å². The first kappa shape index (κ1) is 16.8. The van der Waals surface area contributed by atoms with E-state index in [2.05, 4.69) is 0 Å². The predicted molar refractivity (Wildman–Crippen MR) is 82.2 cm³/mol. The van der Waals surface area contributed by atoms with Crippen molar-refractivity contribution in [3.63, 3.8) is 0 Å². The zero-order chi connectivity index (χ0) is 15.3. The number of ketones is 1. The Kier molecular flexibility index (Phi) is 6.27. The van der Waals surface area contributed by atoms with Crippen molar-refractivity contribution in [1.29, 1.82) is 0 Å². The summed E-state index contributed by atoms with van der Waals surface area (Å²) in [5, 5.41) is -0.260. The number of rotatable bonds is 6. The Hall–Kier alpha value is -1.29. The van der Waals surface area contributed by atoms with Gasteiger partial charge in [0.25, 0.3) is 0 Å². The largest absolute Gasteiger partial charge is 0.462 e. The molecular weight excluding hydrogens is 272 g/mol. The fraction of sp³-hybridized carbons (Fsp3) is 0.500. The molecule has 0 aliphatic rings. The molecule has 0 heterocycles. The Balaban J connectivity index is 2.66. The summed E-state index contributed by atoms with van der Waals surface area (Å²) in [6, 6.07) is 7.37. The summed E-state index contributed by atoms with van der Waals surface area (Å²) in [6.45, 7) is 9.26. The summed E-state index contributed by atoms with van der Waals surface area (Å²) in [5.74, 6) is -0.0883. The molecule has 1 unspecified atom stereocenters. The van der Waals surface area contributed by atoms with Crippen LogP contribution in [0.3, 0.4) is 0 Å². The lowest BCUT2D eigenvalue weighted by Gasteiger charge is -2.13. The van der Waals surface area contributed by atoms with E-state index in [1.54, 1.807) is 0 Å². The third kappa shape index (κ3) is 5.00. The van der Waals surface area contributed by atoms with E-state index in [4.69, 9.17) is 4.74 Å². The Labute approximate surface area is 125 Å². The Morgan fingerprint density at radius 3 is 2.00 bits per heavy atom. The first-order chi connectivity index (χ1) is 9.31. The lowest BCUT2D eigenvalue weighted by atomic mass is 10.0. The molecule has 0 N–H and O–H groups in total. The van der Waals surface area contributed by atoms with E-state index in [1.807, 2.05) is 58.9 Å². The molecule has 20 heavy (non-hydrogen) atoms. The first-order valence-corrected chi connectivity index (χ1v) is 7.70. The summed E-state index contributed by atoms with van der Waals surface area (Å²) in [5.41, 5.74) is 0.710. The molecule has 0 bridgehead atoms. The van der Waals surface area contributed by atoms with Gasteiger partial charge in [0, 0.05) is 16.4 Å². The molecule has 4 heteroatoms. The van der Waals surface area contributed by atoms with Crippen LogP contribution in [0.5, 0.6) is 0 Å². The molecule has 0 spiro atoms. The van der Waals surface area contributed by atoms with Gasteiger partial charge in [-0.05, 0) is 32.9 Å². The number of hydrogen-bond donors (Lipinski definition) is 0. The second-order valence-corrected chi connectivity index (χ2v) is 6.70. The van der Waals surface area contributed by atoms with Crippen LogP contribution in [0.2, 0.25) is 0 Å². The van der Waals surface area contributed by atoms with Crippen molar-refractivity contribution in [3.8, 4) is 0 Å². The second-order valence-electron chi connectivity index (χ2n) is 5.29. The van der Waals surface area contributed by atoms with Gasteiger partial charge in [0.2, 0.25) is 0 Å². The van der Waals surface area contributed by atoms with Crippen molar-refractivity contribution in [1.82, 2.24) is 0 Å². The van der Waals surface area contributed by atoms with Gasteiger partial charge in [-0.25, -0.2) is 0 Å². The molecule has 0 aliphatic heterocycles. The molecule has 0 saturated heterocycles. The first-order valence-electron chi connectivity index (χ1n) is 6.82. The number of esters is 1. The lowest BCUT2D eigenvalue weighted by molar-refractivity contribution is -0.146. The molecule has 0 aliphatic carbocycles. The SMILES string of the molecule is CC(C)OC(=O)C(C)Sc1ccc(C(=O)C(C)C)cc1. The number of hydrogen-bond acceptors (Lipinski definition) is 4. The summed E-state index contributed by atoms with van der Waals surface area (Å²) < 4.78 is 5.16. The highest BCUT2D eigenvalue weighted by atomic mass is 32.2. The number of thioether (sulfide) groups is 1. The van der Waals surface area contributed by atoms with Crippen molar-refractivity contribution >= 4 is 23.5 Å². The minimum atomic E-state index is -0.260. The van der Waals surface area contributed by atoms with Gasteiger partial charge in [-0.15, -0.1) is 11.8 Å². The van der Waals surface area contributed by atoms with Crippen LogP contribution >= 0.6 is 11.8 Å². The van der Waals surface area contributed by atoms with E-state index >= 15 is 0 Å². The van der Waals surface area contributed by atoms with E-state index < -0.39 is 0 Å². The second kappa shape index (κ2) is 7.48. The monoisotopic (exact) mass is 294 g/mol. The van der Waals surface area contributed by atoms with Crippen LogP contribution in [-0.4, -0.2) is 23.1 Å². The van der Waals surface area contributed by atoms with Crippen molar-refractivity contribution in [2.45, 2.75) is 50.9 Å². The maximum Gasteiger partial charge on any atom is 0.319 e. The highest BCUT2D eigenvalue weighted by Crippen LogP contribution is 2.25. The van der Waals surface area contributed by atoms with E-state index in [0.29, 0.717) is 5.56 Å². The molecule has 1 aromatic rings. The topological polar surface area (TPSA) is 43.4 Å². The Morgan fingerprint density at radius 1 is 1.00 bits per heavy atom. The minimum Gasteiger partial charge on any atom is -0.462 e. The van der Waals surface area contributed by atoms with Gasteiger partial charge in [-0.3, -0.25) is 9.59 Å². The molecule has 1 rings (SSSR count).